The number of rotatable bonds is 3. The molecule has 0 radical (unpaired) electrons. The third-order valence-electron chi connectivity index (χ3n) is 3.56. The zero-order valence-electron chi connectivity index (χ0n) is 11.7. The topological polar surface area (TPSA) is 50.7 Å². The number of nitrogens with zero attached hydrogens (tertiary/aromatic N) is 2. The minimum atomic E-state index is -0.0299. The number of benzene rings is 1. The number of aromatic nitrogens is 3. The van der Waals surface area contributed by atoms with Crippen LogP contribution < -0.4 is 5.56 Å². The molecule has 0 saturated heterocycles. The van der Waals surface area contributed by atoms with Crippen LogP contribution in [0.15, 0.2) is 41.3 Å². The molecule has 4 heteroatoms. The van der Waals surface area contributed by atoms with Gasteiger partial charge in [-0.15, -0.1) is 0 Å². The van der Waals surface area contributed by atoms with E-state index >= 15 is 0 Å². The molecular weight excluding hydrogens is 250 g/mol. The molecule has 3 aromatic rings. The van der Waals surface area contributed by atoms with E-state index < -0.39 is 0 Å². The zero-order valence-corrected chi connectivity index (χ0v) is 11.7. The molecule has 2 heterocycles. The van der Waals surface area contributed by atoms with E-state index in [9.17, 15) is 4.79 Å². The fraction of sp³-hybridized carbons (Fsp3) is 0.250. The van der Waals surface area contributed by atoms with Gasteiger partial charge >= 0.3 is 0 Å². The molecule has 0 spiro atoms. The molecule has 0 atom stereocenters. The van der Waals surface area contributed by atoms with Crippen molar-refractivity contribution in [2.75, 3.05) is 0 Å². The molecule has 0 amide bonds. The molecule has 0 bridgehead atoms. The first-order chi connectivity index (χ1) is 9.69. The third-order valence-corrected chi connectivity index (χ3v) is 3.56. The van der Waals surface area contributed by atoms with Crippen LogP contribution in [-0.4, -0.2) is 14.5 Å². The monoisotopic (exact) mass is 267 g/mol. The van der Waals surface area contributed by atoms with E-state index in [4.69, 9.17) is 4.98 Å². The smallest absolute Gasteiger partial charge is 0.250 e. The molecule has 1 aromatic carbocycles. The van der Waals surface area contributed by atoms with E-state index in [0.717, 1.165) is 41.0 Å². The highest BCUT2D eigenvalue weighted by molar-refractivity contribution is 5.76. The zero-order chi connectivity index (χ0) is 14.1. The van der Waals surface area contributed by atoms with Crippen molar-refractivity contribution in [1.29, 1.82) is 0 Å². The Morgan fingerprint density at radius 1 is 1.30 bits per heavy atom. The van der Waals surface area contributed by atoms with Crippen LogP contribution >= 0.6 is 0 Å². The van der Waals surface area contributed by atoms with E-state index in [0.29, 0.717) is 0 Å². The molecule has 0 unspecified atom stereocenters. The largest absolute Gasteiger partial charge is 0.329 e. The first-order valence-corrected chi connectivity index (χ1v) is 6.81. The Balaban J connectivity index is 2.05. The molecule has 0 aliphatic heterocycles. The Labute approximate surface area is 117 Å². The number of fused-ring (bicyclic) bond motifs is 1. The number of hydrogen-bond acceptors (Lipinski definition) is 2. The molecule has 3 rings (SSSR count). The fourth-order valence-corrected chi connectivity index (χ4v) is 2.56. The maximum absolute atomic E-state index is 11.4. The normalized spacial score (nSPS) is 11.1. The lowest BCUT2D eigenvalue weighted by atomic mass is 10.1. The van der Waals surface area contributed by atoms with Gasteiger partial charge in [-0.25, -0.2) is 4.98 Å². The lowest BCUT2D eigenvalue weighted by Gasteiger charge is -2.06. The highest BCUT2D eigenvalue weighted by atomic mass is 16.1. The van der Waals surface area contributed by atoms with E-state index in [1.54, 1.807) is 6.20 Å². The first kappa shape index (κ1) is 12.7. The van der Waals surface area contributed by atoms with Gasteiger partial charge in [-0.2, -0.15) is 0 Å². The Hall–Kier alpha value is -2.36. The summed E-state index contributed by atoms with van der Waals surface area (Å²) in [6.45, 7) is 4.83. The van der Waals surface area contributed by atoms with Crippen molar-refractivity contribution in [3.8, 4) is 0 Å². The summed E-state index contributed by atoms with van der Waals surface area (Å²) < 4.78 is 2.22. The van der Waals surface area contributed by atoms with E-state index in [-0.39, 0.29) is 5.56 Å². The molecule has 1 N–H and O–H groups in total. The van der Waals surface area contributed by atoms with Gasteiger partial charge in [-0.1, -0.05) is 12.1 Å². The summed E-state index contributed by atoms with van der Waals surface area (Å²) in [6, 6.07) is 10.1. The summed E-state index contributed by atoms with van der Waals surface area (Å²) in [6.07, 6.45) is 2.49. The molecule has 0 fully saturated rings. The summed E-state index contributed by atoms with van der Waals surface area (Å²) in [5.74, 6) is 1.03. The molecule has 0 aliphatic carbocycles. The molecule has 0 aliphatic rings. The second-order valence-electron chi connectivity index (χ2n) is 4.96. The summed E-state index contributed by atoms with van der Waals surface area (Å²) in [5, 5.41) is 0. The number of para-hydroxylation sites is 2. The Kier molecular flexibility index (Phi) is 3.14. The van der Waals surface area contributed by atoms with Crippen LogP contribution in [0.5, 0.6) is 0 Å². The summed E-state index contributed by atoms with van der Waals surface area (Å²) >= 11 is 0. The molecule has 20 heavy (non-hydrogen) atoms. The van der Waals surface area contributed by atoms with Crippen LogP contribution in [0.1, 0.15) is 23.9 Å². The lowest BCUT2D eigenvalue weighted by Crippen LogP contribution is -2.10. The van der Waals surface area contributed by atoms with Crippen molar-refractivity contribution >= 4 is 11.0 Å². The van der Waals surface area contributed by atoms with E-state index in [2.05, 4.69) is 22.5 Å². The average Bonchev–Trinajstić information content (AvgIpc) is 2.80. The number of hydrogen-bond donors (Lipinski definition) is 1. The maximum atomic E-state index is 11.4. The van der Waals surface area contributed by atoms with Crippen molar-refractivity contribution < 1.29 is 0 Å². The Morgan fingerprint density at radius 2 is 2.10 bits per heavy atom. The van der Waals surface area contributed by atoms with Gasteiger partial charge in [-0.05, 0) is 37.6 Å². The highest BCUT2D eigenvalue weighted by Gasteiger charge is 2.10. The van der Waals surface area contributed by atoms with Gasteiger partial charge in [0.1, 0.15) is 5.82 Å². The van der Waals surface area contributed by atoms with Gasteiger partial charge in [0.15, 0.2) is 0 Å². The molecule has 0 saturated carbocycles. The molecule has 2 aromatic heterocycles. The number of H-pyrrole nitrogens is 1. The van der Waals surface area contributed by atoms with Gasteiger partial charge in [0.25, 0.3) is 5.56 Å². The predicted molar refractivity (Wildman–Crippen MR) is 80.0 cm³/mol. The maximum Gasteiger partial charge on any atom is 0.250 e. The van der Waals surface area contributed by atoms with Crippen molar-refractivity contribution in [2.24, 2.45) is 0 Å². The van der Waals surface area contributed by atoms with Crippen LogP contribution in [0.4, 0.5) is 0 Å². The third kappa shape index (κ3) is 2.13. The number of aromatic amines is 1. The van der Waals surface area contributed by atoms with Crippen LogP contribution in [0.3, 0.4) is 0 Å². The molecular formula is C16H17N3O. The number of aryl methyl sites for hydroxylation is 2. The minimum absolute atomic E-state index is 0.0299. The quantitative estimate of drug-likeness (QED) is 0.793. The Morgan fingerprint density at radius 3 is 2.85 bits per heavy atom. The second-order valence-corrected chi connectivity index (χ2v) is 4.96. The van der Waals surface area contributed by atoms with E-state index in [1.165, 1.54) is 0 Å². The predicted octanol–water partition coefficient (Wildman–Crippen LogP) is 2.64. The second kappa shape index (κ2) is 4.96. The van der Waals surface area contributed by atoms with Crippen LogP contribution in [0, 0.1) is 6.92 Å². The average molecular weight is 267 g/mol. The molecule has 4 nitrogen and oxygen atoms in total. The first-order valence-electron chi connectivity index (χ1n) is 6.81. The van der Waals surface area contributed by atoms with Crippen LogP contribution in [0.25, 0.3) is 11.0 Å². The van der Waals surface area contributed by atoms with Gasteiger partial charge < -0.3 is 9.55 Å². The highest BCUT2D eigenvalue weighted by Crippen LogP contribution is 2.18. The number of pyridine rings is 1. The lowest BCUT2D eigenvalue weighted by molar-refractivity contribution is 0.732. The van der Waals surface area contributed by atoms with Crippen LogP contribution in [0.2, 0.25) is 0 Å². The van der Waals surface area contributed by atoms with Crippen molar-refractivity contribution in [3.63, 3.8) is 0 Å². The van der Waals surface area contributed by atoms with Crippen molar-refractivity contribution in [1.82, 2.24) is 14.5 Å². The van der Waals surface area contributed by atoms with Gasteiger partial charge in [0.05, 0.1) is 11.0 Å². The Bertz CT molecular complexity index is 814. The summed E-state index contributed by atoms with van der Waals surface area (Å²) in [7, 11) is 0. The van der Waals surface area contributed by atoms with Crippen molar-refractivity contribution in [2.45, 2.75) is 26.8 Å². The van der Waals surface area contributed by atoms with Gasteiger partial charge in [0.2, 0.25) is 0 Å². The SMILES string of the molecule is CCn1c(Cc2c[nH]c(=O)c(C)c2)nc2ccccc21. The summed E-state index contributed by atoms with van der Waals surface area (Å²) in [5.41, 5.74) is 3.96. The minimum Gasteiger partial charge on any atom is -0.329 e. The summed E-state index contributed by atoms with van der Waals surface area (Å²) in [4.78, 5) is 18.9. The van der Waals surface area contributed by atoms with Crippen molar-refractivity contribution in [3.05, 3.63) is 63.8 Å². The number of nitrogens with one attached hydrogen (secondary N) is 1. The van der Waals surface area contributed by atoms with Gasteiger partial charge in [-0.3, -0.25) is 4.79 Å². The van der Waals surface area contributed by atoms with Crippen LogP contribution in [-0.2, 0) is 13.0 Å². The van der Waals surface area contributed by atoms with Gasteiger partial charge in [0, 0.05) is 24.7 Å². The van der Waals surface area contributed by atoms with E-state index in [1.807, 2.05) is 31.2 Å². The fourth-order valence-electron chi connectivity index (χ4n) is 2.56. The number of imidazole rings is 1. The standard InChI is InChI=1S/C16H17N3O/c1-3-19-14-7-5-4-6-13(14)18-15(19)9-12-8-11(2)16(20)17-10-12/h4-8,10H,3,9H2,1-2H3,(H,17,20). The molecule has 102 valence electrons.